The van der Waals surface area contributed by atoms with Crippen LogP contribution >= 0.6 is 11.3 Å². The fourth-order valence-electron chi connectivity index (χ4n) is 4.62. The average molecular weight is 546 g/mol. The van der Waals surface area contributed by atoms with Gasteiger partial charge in [-0.25, -0.2) is 4.98 Å². The van der Waals surface area contributed by atoms with Crippen LogP contribution in [0, 0.1) is 10.1 Å². The number of ether oxygens (including phenoxy) is 3. The second-order valence-corrected chi connectivity index (χ2v) is 9.72. The first-order chi connectivity index (χ1) is 18.9. The molecule has 196 valence electrons. The van der Waals surface area contributed by atoms with E-state index in [1.54, 1.807) is 36.4 Å². The molecule has 39 heavy (non-hydrogen) atoms. The monoisotopic (exact) mass is 545 g/mol. The molecule has 6 rings (SSSR count). The minimum Gasteiger partial charge on any atom is -0.507 e. The Kier molecular flexibility index (Phi) is 5.88. The molecule has 2 aliphatic rings. The molecule has 1 aromatic heterocycles. The van der Waals surface area contributed by atoms with E-state index in [9.17, 15) is 24.8 Å². The highest BCUT2D eigenvalue weighted by Crippen LogP contribution is 2.45. The minimum absolute atomic E-state index is 0.193. The first-order valence-corrected chi connectivity index (χ1v) is 12.6. The lowest BCUT2D eigenvalue weighted by atomic mass is 9.95. The molecular formula is C27H19N3O8S. The molecule has 1 N–H and O–H groups in total. The van der Waals surface area contributed by atoms with Gasteiger partial charge in [0.25, 0.3) is 11.5 Å². The maximum atomic E-state index is 13.5. The molecule has 0 aliphatic carbocycles. The molecule has 12 heteroatoms. The molecule has 0 spiro atoms. The van der Waals surface area contributed by atoms with Gasteiger partial charge in [-0.3, -0.25) is 24.6 Å². The number of hydrogen-bond donors (Lipinski definition) is 1. The second kappa shape index (κ2) is 9.40. The zero-order chi connectivity index (χ0) is 27.3. The topological polar surface area (TPSA) is 141 Å². The van der Waals surface area contributed by atoms with Gasteiger partial charge in [-0.15, -0.1) is 0 Å². The third kappa shape index (κ3) is 4.10. The van der Waals surface area contributed by atoms with E-state index in [1.165, 1.54) is 36.3 Å². The molecule has 1 amide bonds. The quantitative estimate of drug-likeness (QED) is 0.125. The number of rotatable bonds is 5. The first-order valence-electron chi connectivity index (χ1n) is 11.8. The number of nitro groups is 1. The molecule has 2 aliphatic heterocycles. The Morgan fingerprint density at radius 3 is 2.67 bits per heavy atom. The van der Waals surface area contributed by atoms with Crippen LogP contribution in [-0.4, -0.2) is 47.0 Å². The van der Waals surface area contributed by atoms with Crippen LogP contribution < -0.4 is 19.1 Å². The Bertz CT molecular complexity index is 1710. The molecular weight excluding hydrogens is 526 g/mol. The standard InChI is InChI=1S/C27H19N3O8S/c1-36-17-6-7-18-21(13-17)39-27(28-18)29-23(14-3-2-4-16(11-14)30(34)35)22(25(32)26(29)33)24(31)15-5-8-19-20(12-15)38-10-9-37-19/h2-8,11-13,23,31H,9-10H2,1H3/t23-/m0/s1. The number of aromatic nitrogens is 1. The summed E-state index contributed by atoms with van der Waals surface area (Å²) in [5, 5.41) is 23.2. The minimum atomic E-state index is -1.18. The lowest BCUT2D eigenvalue weighted by Gasteiger charge is -2.23. The van der Waals surface area contributed by atoms with E-state index in [0.717, 1.165) is 11.3 Å². The van der Waals surface area contributed by atoms with Gasteiger partial charge in [-0.2, -0.15) is 0 Å². The number of Topliss-reactive ketones (excluding diaryl/α,β-unsaturated/α-hetero) is 1. The van der Waals surface area contributed by atoms with Crippen molar-refractivity contribution in [2.45, 2.75) is 6.04 Å². The summed E-state index contributed by atoms with van der Waals surface area (Å²) in [4.78, 5) is 43.7. The Hall–Kier alpha value is -4.97. The SMILES string of the molecule is COc1ccc2nc(N3C(=O)C(=O)C(=C(O)c4ccc5c(c4)OCCO5)[C@@H]3c3cccc([N+](=O)[O-])c3)sc2c1. The van der Waals surface area contributed by atoms with Crippen molar-refractivity contribution in [1.29, 1.82) is 0 Å². The number of nitro benzene ring substituents is 1. The molecule has 1 fully saturated rings. The van der Waals surface area contributed by atoms with E-state index < -0.39 is 28.4 Å². The number of carbonyl (C=O) groups is 2. The summed E-state index contributed by atoms with van der Waals surface area (Å²) in [5.74, 6) is -0.863. The van der Waals surface area contributed by atoms with Crippen molar-refractivity contribution in [2.24, 2.45) is 0 Å². The summed E-state index contributed by atoms with van der Waals surface area (Å²) < 4.78 is 17.1. The lowest BCUT2D eigenvalue weighted by Crippen LogP contribution is -2.29. The number of fused-ring (bicyclic) bond motifs is 2. The van der Waals surface area contributed by atoms with Crippen molar-refractivity contribution in [1.82, 2.24) is 4.98 Å². The average Bonchev–Trinajstić information content (AvgIpc) is 3.49. The van der Waals surface area contributed by atoms with Crippen molar-refractivity contribution in [2.75, 3.05) is 25.2 Å². The summed E-state index contributed by atoms with van der Waals surface area (Å²) in [6.45, 7) is 0.696. The van der Waals surface area contributed by atoms with Crippen molar-refractivity contribution in [3.8, 4) is 17.2 Å². The molecule has 0 radical (unpaired) electrons. The number of methoxy groups -OCH3 is 1. The van der Waals surface area contributed by atoms with Crippen LogP contribution in [0.4, 0.5) is 10.8 Å². The highest BCUT2D eigenvalue weighted by Gasteiger charge is 2.48. The number of ketones is 1. The van der Waals surface area contributed by atoms with Crippen LogP contribution in [-0.2, 0) is 9.59 Å². The maximum absolute atomic E-state index is 13.5. The van der Waals surface area contributed by atoms with Crippen molar-refractivity contribution in [3.05, 3.63) is 87.5 Å². The van der Waals surface area contributed by atoms with Crippen LogP contribution in [0.2, 0.25) is 0 Å². The predicted octanol–water partition coefficient (Wildman–Crippen LogP) is 4.61. The highest BCUT2D eigenvalue weighted by molar-refractivity contribution is 7.22. The fraction of sp³-hybridized carbons (Fsp3) is 0.148. The van der Waals surface area contributed by atoms with Gasteiger partial charge in [0.05, 0.1) is 33.9 Å². The largest absolute Gasteiger partial charge is 0.507 e. The Balaban J connectivity index is 1.55. The highest BCUT2D eigenvalue weighted by atomic mass is 32.1. The van der Waals surface area contributed by atoms with Gasteiger partial charge < -0.3 is 19.3 Å². The number of hydrogen-bond acceptors (Lipinski definition) is 10. The van der Waals surface area contributed by atoms with Gasteiger partial charge in [-0.1, -0.05) is 23.5 Å². The number of carbonyl (C=O) groups excluding carboxylic acids is 2. The van der Waals surface area contributed by atoms with Crippen LogP contribution in [0.1, 0.15) is 17.2 Å². The van der Waals surface area contributed by atoms with E-state index in [-0.39, 0.29) is 27.5 Å². The molecule has 3 heterocycles. The van der Waals surface area contributed by atoms with E-state index in [0.29, 0.717) is 40.7 Å². The van der Waals surface area contributed by atoms with E-state index in [4.69, 9.17) is 14.2 Å². The first kappa shape index (κ1) is 24.4. The number of amides is 1. The van der Waals surface area contributed by atoms with E-state index in [1.807, 2.05) is 0 Å². The van der Waals surface area contributed by atoms with Gasteiger partial charge in [0.15, 0.2) is 16.6 Å². The second-order valence-electron chi connectivity index (χ2n) is 8.71. The summed E-state index contributed by atoms with van der Waals surface area (Å²) in [7, 11) is 1.53. The van der Waals surface area contributed by atoms with Gasteiger partial charge in [0, 0.05) is 17.7 Å². The van der Waals surface area contributed by atoms with Crippen LogP contribution in [0.5, 0.6) is 17.2 Å². The summed E-state index contributed by atoms with van der Waals surface area (Å²) in [5.41, 5.74) is 0.601. The van der Waals surface area contributed by atoms with Gasteiger partial charge >= 0.3 is 5.91 Å². The molecule has 11 nitrogen and oxygen atoms in total. The van der Waals surface area contributed by atoms with E-state index >= 15 is 0 Å². The summed E-state index contributed by atoms with van der Waals surface area (Å²) >= 11 is 1.15. The number of non-ortho nitro benzene ring substituents is 1. The normalized spacial score (nSPS) is 18.0. The molecule has 3 aromatic carbocycles. The summed E-state index contributed by atoms with van der Waals surface area (Å²) in [6, 6.07) is 14.3. The number of nitrogens with zero attached hydrogens (tertiary/aromatic N) is 3. The zero-order valence-electron chi connectivity index (χ0n) is 20.3. The molecule has 4 aromatic rings. The van der Waals surface area contributed by atoms with Crippen LogP contribution in [0.15, 0.2) is 66.2 Å². The molecule has 0 saturated carbocycles. The van der Waals surface area contributed by atoms with Crippen molar-refractivity contribution < 1.29 is 33.8 Å². The van der Waals surface area contributed by atoms with Gasteiger partial charge in [0.2, 0.25) is 0 Å². The van der Waals surface area contributed by atoms with E-state index in [2.05, 4.69) is 4.98 Å². The Morgan fingerprint density at radius 2 is 1.90 bits per heavy atom. The number of aliphatic hydroxyl groups is 1. The number of anilines is 1. The van der Waals surface area contributed by atoms with Crippen molar-refractivity contribution >= 4 is 49.8 Å². The third-order valence-corrected chi connectivity index (χ3v) is 7.46. The van der Waals surface area contributed by atoms with Gasteiger partial charge in [0.1, 0.15) is 24.7 Å². The molecule has 1 saturated heterocycles. The Morgan fingerprint density at radius 1 is 1.10 bits per heavy atom. The molecule has 0 unspecified atom stereocenters. The van der Waals surface area contributed by atoms with Crippen molar-refractivity contribution in [3.63, 3.8) is 0 Å². The predicted molar refractivity (Wildman–Crippen MR) is 141 cm³/mol. The third-order valence-electron chi connectivity index (χ3n) is 6.45. The molecule has 1 atom stereocenters. The number of thiazole rings is 1. The lowest BCUT2D eigenvalue weighted by molar-refractivity contribution is -0.384. The molecule has 0 bridgehead atoms. The van der Waals surface area contributed by atoms with Crippen LogP contribution in [0.3, 0.4) is 0 Å². The smallest absolute Gasteiger partial charge is 0.301 e. The Labute approximate surface area is 224 Å². The summed E-state index contributed by atoms with van der Waals surface area (Å²) in [6.07, 6.45) is 0. The number of benzene rings is 3. The van der Waals surface area contributed by atoms with Crippen LogP contribution in [0.25, 0.3) is 16.0 Å². The zero-order valence-corrected chi connectivity index (χ0v) is 21.1. The number of aliphatic hydroxyl groups excluding tert-OH is 1. The fourth-order valence-corrected chi connectivity index (χ4v) is 5.64. The van der Waals surface area contributed by atoms with Gasteiger partial charge in [-0.05, 0) is 42.0 Å². The maximum Gasteiger partial charge on any atom is 0.301 e.